The molecule has 1 N–H and O–H groups in total. The standard InChI is InChI=1S/C19H31N3O.ClH/c1-3-5-6-7-8-11-15-23-16-22-18-13-10-9-12-17(18)21(14-4-2)19(22)20;/h9-10,12-13,20H,3-8,11,14-16H2,1-2H3;1H. The smallest absolute Gasteiger partial charge is 0.204 e. The molecule has 5 heteroatoms. The first kappa shape index (κ1) is 20.8. The number of nitrogens with zero attached hydrogens (tertiary/aromatic N) is 2. The van der Waals surface area contributed by atoms with Crippen LogP contribution in [0.15, 0.2) is 24.3 Å². The van der Waals surface area contributed by atoms with Crippen molar-refractivity contribution < 1.29 is 4.74 Å². The largest absolute Gasteiger partial charge is 0.361 e. The van der Waals surface area contributed by atoms with Gasteiger partial charge in [-0.2, -0.15) is 0 Å². The average molecular weight is 354 g/mol. The van der Waals surface area contributed by atoms with Gasteiger partial charge in [0.2, 0.25) is 5.62 Å². The zero-order valence-corrected chi connectivity index (χ0v) is 15.9. The van der Waals surface area contributed by atoms with E-state index in [9.17, 15) is 0 Å². The first-order chi connectivity index (χ1) is 11.3. The van der Waals surface area contributed by atoms with E-state index in [1.54, 1.807) is 0 Å². The molecular weight excluding hydrogens is 322 g/mol. The molecule has 1 aromatic carbocycles. The number of unbranched alkanes of at least 4 members (excludes halogenated alkanes) is 5. The van der Waals surface area contributed by atoms with Crippen molar-refractivity contribution in [2.75, 3.05) is 6.61 Å². The molecule has 0 aliphatic rings. The molecule has 0 radical (unpaired) electrons. The Morgan fingerprint density at radius 2 is 1.50 bits per heavy atom. The molecule has 24 heavy (non-hydrogen) atoms. The lowest BCUT2D eigenvalue weighted by Crippen LogP contribution is -2.25. The molecule has 4 nitrogen and oxygen atoms in total. The SMILES string of the molecule is CCCCCCCCOCn1c(=N)n(CCC)c2ccccc21.Cl. The summed E-state index contributed by atoms with van der Waals surface area (Å²) in [5.41, 5.74) is 2.76. The van der Waals surface area contributed by atoms with E-state index < -0.39 is 0 Å². The second-order valence-corrected chi connectivity index (χ2v) is 6.20. The number of fused-ring (bicyclic) bond motifs is 1. The molecule has 0 bridgehead atoms. The summed E-state index contributed by atoms with van der Waals surface area (Å²) in [6.45, 7) is 6.53. The topological polar surface area (TPSA) is 42.9 Å². The lowest BCUT2D eigenvalue weighted by atomic mass is 10.1. The predicted molar refractivity (Wildman–Crippen MR) is 103 cm³/mol. The van der Waals surface area contributed by atoms with Crippen LogP contribution in [0.1, 0.15) is 58.8 Å². The number of para-hydroxylation sites is 2. The molecule has 0 saturated heterocycles. The van der Waals surface area contributed by atoms with Gasteiger partial charge >= 0.3 is 0 Å². The molecule has 0 aliphatic carbocycles. The van der Waals surface area contributed by atoms with E-state index in [1.165, 1.54) is 32.1 Å². The zero-order chi connectivity index (χ0) is 16.5. The first-order valence-electron chi connectivity index (χ1n) is 9.10. The van der Waals surface area contributed by atoms with Gasteiger partial charge in [0.15, 0.2) is 0 Å². The number of imidazole rings is 1. The quantitative estimate of drug-likeness (QED) is 0.562. The van der Waals surface area contributed by atoms with Crippen LogP contribution in [0.2, 0.25) is 0 Å². The van der Waals surface area contributed by atoms with Gasteiger partial charge in [-0.25, -0.2) is 0 Å². The highest BCUT2D eigenvalue weighted by atomic mass is 35.5. The third kappa shape index (κ3) is 5.38. The highest BCUT2D eigenvalue weighted by Gasteiger charge is 2.09. The van der Waals surface area contributed by atoms with Gasteiger partial charge in [-0.3, -0.25) is 9.98 Å². The van der Waals surface area contributed by atoms with Crippen molar-refractivity contribution in [1.82, 2.24) is 9.13 Å². The predicted octanol–water partition coefficient (Wildman–Crippen LogP) is 5.09. The third-order valence-electron chi connectivity index (χ3n) is 4.28. The summed E-state index contributed by atoms with van der Waals surface area (Å²) in [7, 11) is 0. The fourth-order valence-electron chi connectivity index (χ4n) is 3.02. The number of hydrogen-bond donors (Lipinski definition) is 1. The van der Waals surface area contributed by atoms with Crippen molar-refractivity contribution in [3.8, 4) is 0 Å². The van der Waals surface area contributed by atoms with E-state index in [0.717, 1.165) is 37.0 Å². The maximum Gasteiger partial charge on any atom is 0.204 e. The Kier molecular flexibility index (Phi) is 9.80. The summed E-state index contributed by atoms with van der Waals surface area (Å²) >= 11 is 0. The molecule has 0 amide bonds. The highest BCUT2D eigenvalue weighted by Crippen LogP contribution is 2.13. The molecule has 1 heterocycles. The monoisotopic (exact) mass is 353 g/mol. The highest BCUT2D eigenvalue weighted by molar-refractivity contribution is 5.85. The number of benzene rings is 1. The minimum absolute atomic E-state index is 0. The van der Waals surface area contributed by atoms with Crippen LogP contribution in [0.25, 0.3) is 11.0 Å². The van der Waals surface area contributed by atoms with Crippen LogP contribution in [0, 0.1) is 5.41 Å². The van der Waals surface area contributed by atoms with E-state index >= 15 is 0 Å². The number of aryl methyl sites for hydroxylation is 1. The summed E-state index contributed by atoms with van der Waals surface area (Å²) < 4.78 is 9.88. The van der Waals surface area contributed by atoms with Crippen molar-refractivity contribution in [3.63, 3.8) is 0 Å². The molecule has 0 spiro atoms. The summed E-state index contributed by atoms with van der Waals surface area (Å²) in [6, 6.07) is 8.23. The van der Waals surface area contributed by atoms with Gasteiger partial charge < -0.3 is 9.30 Å². The second-order valence-electron chi connectivity index (χ2n) is 6.20. The fourth-order valence-corrected chi connectivity index (χ4v) is 3.02. The molecule has 1 aromatic heterocycles. The van der Waals surface area contributed by atoms with Crippen LogP contribution in [0.4, 0.5) is 0 Å². The summed E-state index contributed by atoms with van der Waals surface area (Å²) in [4.78, 5) is 0. The molecule has 2 aromatic rings. The lowest BCUT2D eigenvalue weighted by molar-refractivity contribution is 0.0729. The number of aromatic nitrogens is 2. The number of ether oxygens (including phenoxy) is 1. The third-order valence-corrected chi connectivity index (χ3v) is 4.28. The van der Waals surface area contributed by atoms with Crippen LogP contribution < -0.4 is 5.62 Å². The van der Waals surface area contributed by atoms with E-state index in [2.05, 4.69) is 30.5 Å². The molecule has 0 unspecified atom stereocenters. The van der Waals surface area contributed by atoms with Crippen molar-refractivity contribution >= 4 is 23.4 Å². The van der Waals surface area contributed by atoms with Gasteiger partial charge in [-0.05, 0) is 25.0 Å². The second kappa shape index (κ2) is 11.3. The van der Waals surface area contributed by atoms with Gasteiger partial charge in [-0.15, -0.1) is 12.4 Å². The number of halogens is 1. The van der Waals surface area contributed by atoms with Crippen LogP contribution in [-0.2, 0) is 18.0 Å². The number of rotatable bonds is 11. The van der Waals surface area contributed by atoms with Crippen molar-refractivity contribution in [2.45, 2.75) is 72.1 Å². The van der Waals surface area contributed by atoms with Crippen LogP contribution in [0.5, 0.6) is 0 Å². The van der Waals surface area contributed by atoms with Crippen molar-refractivity contribution in [3.05, 3.63) is 29.9 Å². The Balaban J connectivity index is 0.00000288. The van der Waals surface area contributed by atoms with Crippen LogP contribution in [-0.4, -0.2) is 15.7 Å². The Morgan fingerprint density at radius 1 is 0.875 bits per heavy atom. The summed E-state index contributed by atoms with van der Waals surface area (Å²) in [6.07, 6.45) is 8.68. The van der Waals surface area contributed by atoms with E-state index in [4.69, 9.17) is 10.1 Å². The summed E-state index contributed by atoms with van der Waals surface area (Å²) in [5, 5.41) is 8.42. The lowest BCUT2D eigenvalue weighted by Gasteiger charge is -2.06. The molecule has 0 aliphatic heterocycles. The Bertz CT molecular complexity index is 648. The van der Waals surface area contributed by atoms with E-state index in [1.807, 2.05) is 16.7 Å². The maximum atomic E-state index is 8.42. The molecule has 0 fully saturated rings. The van der Waals surface area contributed by atoms with Crippen LogP contribution >= 0.6 is 12.4 Å². The van der Waals surface area contributed by atoms with Gasteiger partial charge in [0.05, 0.1) is 11.0 Å². The Morgan fingerprint density at radius 3 is 2.17 bits per heavy atom. The maximum absolute atomic E-state index is 8.42. The first-order valence-corrected chi connectivity index (χ1v) is 9.10. The molecule has 0 atom stereocenters. The van der Waals surface area contributed by atoms with Gasteiger partial charge in [0, 0.05) is 13.2 Å². The number of hydrogen-bond acceptors (Lipinski definition) is 2. The normalized spacial score (nSPS) is 10.9. The molecule has 136 valence electrons. The molecular formula is C19H32ClN3O. The fraction of sp³-hybridized carbons (Fsp3) is 0.632. The average Bonchev–Trinajstić information content (AvgIpc) is 2.83. The summed E-state index contributed by atoms with van der Waals surface area (Å²) in [5.74, 6) is 0. The van der Waals surface area contributed by atoms with E-state index in [0.29, 0.717) is 12.3 Å². The molecule has 2 rings (SSSR count). The minimum atomic E-state index is 0. The van der Waals surface area contributed by atoms with Crippen molar-refractivity contribution in [2.24, 2.45) is 0 Å². The van der Waals surface area contributed by atoms with Gasteiger partial charge in [-0.1, -0.05) is 58.1 Å². The van der Waals surface area contributed by atoms with Crippen LogP contribution in [0.3, 0.4) is 0 Å². The van der Waals surface area contributed by atoms with E-state index in [-0.39, 0.29) is 12.4 Å². The van der Waals surface area contributed by atoms with Gasteiger partial charge in [0.1, 0.15) is 6.73 Å². The van der Waals surface area contributed by atoms with Crippen molar-refractivity contribution in [1.29, 1.82) is 5.41 Å². The Hall–Kier alpha value is -1.26. The Labute approximate surface area is 151 Å². The minimum Gasteiger partial charge on any atom is -0.361 e. The zero-order valence-electron chi connectivity index (χ0n) is 15.1. The van der Waals surface area contributed by atoms with Gasteiger partial charge in [0.25, 0.3) is 0 Å². The molecule has 0 saturated carbocycles. The number of nitrogens with one attached hydrogen (secondary N) is 1.